The topological polar surface area (TPSA) is 77.1 Å². The third-order valence-electron chi connectivity index (χ3n) is 6.24. The minimum atomic E-state index is -4.78. The Morgan fingerprint density at radius 2 is 1.70 bits per heavy atom. The number of aromatic nitrogens is 5. The van der Waals surface area contributed by atoms with Crippen LogP contribution in [0.1, 0.15) is 38.4 Å². The normalized spacial score (nSPS) is 12.2. The molecule has 0 unspecified atom stereocenters. The molecule has 0 atom stereocenters. The van der Waals surface area contributed by atoms with E-state index < -0.39 is 29.5 Å². The van der Waals surface area contributed by atoms with Gasteiger partial charge >= 0.3 is 12.4 Å². The number of nitrogens with zero attached hydrogens (tertiary/aromatic N) is 5. The number of amides is 1. The first-order valence-electron chi connectivity index (χ1n) is 11.8. The van der Waals surface area contributed by atoms with Gasteiger partial charge in [-0.05, 0) is 54.8 Å². The average Bonchev–Trinajstić information content (AvgIpc) is 3.51. The molecule has 2 aromatic carbocycles. The second kappa shape index (κ2) is 9.81. The molecule has 0 fully saturated rings. The van der Waals surface area contributed by atoms with Gasteiger partial charge in [0.2, 0.25) is 0 Å². The van der Waals surface area contributed by atoms with Crippen molar-refractivity contribution in [2.75, 3.05) is 5.32 Å². The van der Waals surface area contributed by atoms with Gasteiger partial charge in [-0.2, -0.15) is 36.5 Å². The van der Waals surface area contributed by atoms with Crippen molar-refractivity contribution >= 4 is 17.2 Å². The predicted molar refractivity (Wildman–Crippen MR) is 134 cm³/mol. The van der Waals surface area contributed by atoms with Crippen molar-refractivity contribution in [2.24, 2.45) is 0 Å². The van der Waals surface area contributed by atoms with Crippen molar-refractivity contribution in [2.45, 2.75) is 32.7 Å². The van der Waals surface area contributed by atoms with E-state index in [2.05, 4.69) is 20.5 Å². The first-order valence-corrected chi connectivity index (χ1v) is 11.8. The lowest BCUT2D eigenvalue weighted by atomic mass is 10.0. The molecule has 13 heteroatoms. The molecule has 0 aliphatic heterocycles. The maximum atomic E-state index is 13.9. The summed E-state index contributed by atoms with van der Waals surface area (Å²) in [6.45, 7) is 3.72. The van der Waals surface area contributed by atoms with E-state index in [0.717, 1.165) is 35.4 Å². The molecule has 1 N–H and O–H groups in total. The van der Waals surface area contributed by atoms with Crippen molar-refractivity contribution in [3.63, 3.8) is 0 Å². The largest absolute Gasteiger partial charge is 0.433 e. The number of rotatable bonds is 5. The highest BCUT2D eigenvalue weighted by atomic mass is 19.4. The molecule has 3 aromatic heterocycles. The van der Waals surface area contributed by atoms with Crippen LogP contribution in [-0.2, 0) is 18.9 Å². The van der Waals surface area contributed by atoms with Gasteiger partial charge in [0.1, 0.15) is 0 Å². The summed E-state index contributed by atoms with van der Waals surface area (Å²) in [4.78, 5) is 17.1. The molecule has 5 aromatic rings. The monoisotopic (exact) mass is 558 g/mol. The zero-order valence-electron chi connectivity index (χ0n) is 21.0. The van der Waals surface area contributed by atoms with Gasteiger partial charge in [-0.25, -0.2) is 9.50 Å². The summed E-state index contributed by atoms with van der Waals surface area (Å²) in [7, 11) is 0. The number of carbonyl (C=O) groups is 1. The van der Waals surface area contributed by atoms with Crippen LogP contribution in [0.5, 0.6) is 0 Å². The zero-order valence-corrected chi connectivity index (χ0v) is 21.0. The summed E-state index contributed by atoms with van der Waals surface area (Å²) in [6, 6.07) is 11.9. The van der Waals surface area contributed by atoms with E-state index in [1.807, 2.05) is 13.8 Å². The molecular weight excluding hydrogens is 538 g/mol. The van der Waals surface area contributed by atoms with Crippen LogP contribution in [0.15, 0.2) is 67.0 Å². The van der Waals surface area contributed by atoms with Crippen molar-refractivity contribution < 1.29 is 31.1 Å². The number of hydrogen-bond acceptors (Lipinski definition) is 4. The Kier molecular flexibility index (Phi) is 6.60. The van der Waals surface area contributed by atoms with E-state index in [4.69, 9.17) is 0 Å². The van der Waals surface area contributed by atoms with Crippen LogP contribution < -0.4 is 5.32 Å². The molecule has 40 heavy (non-hydrogen) atoms. The lowest BCUT2D eigenvalue weighted by molar-refractivity contribution is -0.142. The van der Waals surface area contributed by atoms with E-state index in [9.17, 15) is 31.1 Å². The minimum absolute atomic E-state index is 0.00568. The Bertz CT molecular complexity index is 1730. The first kappa shape index (κ1) is 26.9. The minimum Gasteiger partial charge on any atom is -0.318 e. The number of nitrogens with one attached hydrogen (secondary N) is 1. The van der Waals surface area contributed by atoms with Crippen LogP contribution in [0.2, 0.25) is 0 Å². The van der Waals surface area contributed by atoms with Gasteiger partial charge in [-0.15, -0.1) is 0 Å². The lowest BCUT2D eigenvalue weighted by Crippen LogP contribution is -2.15. The quantitative estimate of drug-likeness (QED) is 0.248. The lowest BCUT2D eigenvalue weighted by Gasteiger charge is -2.11. The number of aryl methyl sites for hydroxylation is 2. The number of anilines is 1. The Morgan fingerprint density at radius 1 is 0.925 bits per heavy atom. The highest BCUT2D eigenvalue weighted by Gasteiger charge is 2.36. The molecule has 3 heterocycles. The van der Waals surface area contributed by atoms with Crippen LogP contribution in [-0.4, -0.2) is 30.3 Å². The van der Waals surface area contributed by atoms with Gasteiger partial charge in [0.15, 0.2) is 17.0 Å². The maximum absolute atomic E-state index is 13.9. The fourth-order valence-corrected chi connectivity index (χ4v) is 4.08. The maximum Gasteiger partial charge on any atom is 0.433 e. The summed E-state index contributed by atoms with van der Waals surface area (Å²) in [5, 5.41) is 10.4. The Morgan fingerprint density at radius 3 is 2.40 bits per heavy atom. The SMILES string of the molecule is Cc1ccc(-c2cc(C(F)(F)F)n3nc(C(=O)Nc4cnn(Cc5cccc(C(F)(F)F)c5)c4)cc3n2)cc1C. The first-order chi connectivity index (χ1) is 18.8. The van der Waals surface area contributed by atoms with Crippen molar-refractivity contribution in [3.8, 4) is 11.3 Å². The number of hydrogen-bond donors (Lipinski definition) is 1. The molecule has 0 saturated carbocycles. The molecule has 0 saturated heterocycles. The highest BCUT2D eigenvalue weighted by Crippen LogP contribution is 2.33. The standard InChI is InChI=1S/C27H20F6N6O/c1-15-6-7-18(8-16(15)2)21-10-23(27(31,32)33)39-24(36-21)11-22(37-39)25(40)35-20-12-34-38(14-20)13-17-4-3-5-19(9-17)26(28,29)30/h3-12,14H,13H2,1-2H3,(H,35,40). The molecule has 7 nitrogen and oxygen atoms in total. The molecule has 1 amide bonds. The van der Waals surface area contributed by atoms with Gasteiger partial charge in [-0.1, -0.05) is 24.3 Å². The summed E-state index contributed by atoms with van der Waals surface area (Å²) in [6.07, 6.45) is -6.63. The molecular formula is C27H20F6N6O. The van der Waals surface area contributed by atoms with Crippen LogP contribution in [0.25, 0.3) is 16.9 Å². The number of halogens is 6. The average molecular weight is 558 g/mol. The van der Waals surface area contributed by atoms with E-state index >= 15 is 0 Å². The molecule has 0 radical (unpaired) electrons. The smallest absolute Gasteiger partial charge is 0.318 e. The van der Waals surface area contributed by atoms with Crippen LogP contribution in [0.3, 0.4) is 0 Å². The second-order valence-corrected chi connectivity index (χ2v) is 9.20. The number of alkyl halides is 6. The van der Waals surface area contributed by atoms with E-state index in [0.29, 0.717) is 15.6 Å². The fourth-order valence-electron chi connectivity index (χ4n) is 4.08. The fraction of sp³-hybridized carbons (Fsp3) is 0.185. The Labute approximate surface area is 223 Å². The summed E-state index contributed by atoms with van der Waals surface area (Å²) < 4.78 is 82.6. The summed E-state index contributed by atoms with van der Waals surface area (Å²) in [5.74, 6) is -0.815. The number of benzene rings is 2. The number of carbonyl (C=O) groups excluding carboxylic acids is 1. The molecule has 0 bridgehead atoms. The Hall–Kier alpha value is -4.68. The summed E-state index contributed by atoms with van der Waals surface area (Å²) in [5.41, 5.74) is 0.535. The third-order valence-corrected chi connectivity index (χ3v) is 6.24. The van der Waals surface area contributed by atoms with Gasteiger partial charge < -0.3 is 5.32 Å². The molecule has 5 rings (SSSR count). The van der Waals surface area contributed by atoms with E-state index in [1.165, 1.54) is 29.2 Å². The van der Waals surface area contributed by atoms with Crippen LogP contribution in [0, 0.1) is 13.8 Å². The molecule has 0 spiro atoms. The third kappa shape index (κ3) is 5.53. The predicted octanol–water partition coefficient (Wildman–Crippen LogP) is 6.55. The van der Waals surface area contributed by atoms with Crippen LogP contribution in [0.4, 0.5) is 32.0 Å². The van der Waals surface area contributed by atoms with E-state index in [-0.39, 0.29) is 29.3 Å². The second-order valence-electron chi connectivity index (χ2n) is 9.20. The number of fused-ring (bicyclic) bond motifs is 1. The van der Waals surface area contributed by atoms with Crippen molar-refractivity contribution in [1.29, 1.82) is 0 Å². The summed E-state index contributed by atoms with van der Waals surface area (Å²) >= 11 is 0. The Balaban J connectivity index is 1.40. The zero-order chi connectivity index (χ0) is 28.8. The van der Waals surface area contributed by atoms with Crippen molar-refractivity contribution in [3.05, 3.63) is 101 Å². The van der Waals surface area contributed by atoms with Gasteiger partial charge in [0.05, 0.1) is 29.7 Å². The molecule has 206 valence electrons. The van der Waals surface area contributed by atoms with Crippen LogP contribution >= 0.6 is 0 Å². The van der Waals surface area contributed by atoms with Gasteiger partial charge in [0.25, 0.3) is 5.91 Å². The molecule has 0 aliphatic rings. The van der Waals surface area contributed by atoms with Gasteiger partial charge in [0, 0.05) is 17.8 Å². The van der Waals surface area contributed by atoms with Gasteiger partial charge in [-0.3, -0.25) is 9.48 Å². The van der Waals surface area contributed by atoms with Crippen molar-refractivity contribution in [1.82, 2.24) is 24.4 Å². The van der Waals surface area contributed by atoms with E-state index in [1.54, 1.807) is 18.2 Å². The molecule has 0 aliphatic carbocycles. The highest BCUT2D eigenvalue weighted by molar-refractivity contribution is 6.03.